The van der Waals surface area contributed by atoms with Crippen molar-refractivity contribution in [2.45, 2.75) is 31.7 Å². The van der Waals surface area contributed by atoms with Gasteiger partial charge in [-0.05, 0) is 31.6 Å². The smallest absolute Gasteiger partial charge is 0.326 e. The number of carboxylic acid groups (broad SMARTS) is 1. The highest BCUT2D eigenvalue weighted by Gasteiger charge is 2.32. The Kier molecular flexibility index (Phi) is 4.42. The normalized spacial score (nSPS) is 25.5. The van der Waals surface area contributed by atoms with Crippen LogP contribution in [0.25, 0.3) is 0 Å². The SMILES string of the molecule is O=C(O)[C@@H]1CCCN1c1cc(N2CCCC(CO)C2)ncn1. The average Bonchev–Trinajstić information content (AvgIpc) is 3.05. The molecular formula is C15H22N4O3. The molecule has 0 bridgehead atoms. The summed E-state index contributed by atoms with van der Waals surface area (Å²) in [7, 11) is 0. The van der Waals surface area contributed by atoms with Crippen molar-refractivity contribution < 1.29 is 15.0 Å². The number of aliphatic carboxylic acids is 1. The Labute approximate surface area is 129 Å². The fourth-order valence-electron chi connectivity index (χ4n) is 3.39. The molecule has 2 fully saturated rings. The highest BCUT2D eigenvalue weighted by atomic mass is 16.4. The third kappa shape index (κ3) is 2.99. The lowest BCUT2D eigenvalue weighted by Gasteiger charge is -2.33. The van der Waals surface area contributed by atoms with E-state index in [4.69, 9.17) is 0 Å². The van der Waals surface area contributed by atoms with Crippen LogP contribution in [0.4, 0.5) is 11.6 Å². The van der Waals surface area contributed by atoms with Gasteiger partial charge in [-0.3, -0.25) is 0 Å². The number of rotatable bonds is 4. The monoisotopic (exact) mass is 306 g/mol. The molecule has 1 aromatic heterocycles. The van der Waals surface area contributed by atoms with Crippen molar-refractivity contribution in [3.05, 3.63) is 12.4 Å². The second-order valence-electron chi connectivity index (χ2n) is 6.06. The van der Waals surface area contributed by atoms with Gasteiger partial charge in [0, 0.05) is 32.3 Å². The Bertz CT molecular complexity index is 539. The van der Waals surface area contributed by atoms with Gasteiger partial charge in [0.25, 0.3) is 0 Å². The summed E-state index contributed by atoms with van der Waals surface area (Å²) in [6.45, 7) is 2.61. The van der Waals surface area contributed by atoms with Gasteiger partial charge in [0.15, 0.2) is 0 Å². The van der Waals surface area contributed by atoms with Gasteiger partial charge in [-0.15, -0.1) is 0 Å². The fraction of sp³-hybridized carbons (Fsp3) is 0.667. The number of carboxylic acids is 1. The van der Waals surface area contributed by atoms with Gasteiger partial charge in [0.2, 0.25) is 0 Å². The first kappa shape index (κ1) is 15.0. The van der Waals surface area contributed by atoms with Crippen LogP contribution in [0.3, 0.4) is 0 Å². The molecule has 0 amide bonds. The maximum Gasteiger partial charge on any atom is 0.326 e. The maximum atomic E-state index is 11.3. The highest BCUT2D eigenvalue weighted by molar-refractivity contribution is 5.78. The molecule has 2 atom stereocenters. The van der Waals surface area contributed by atoms with Gasteiger partial charge >= 0.3 is 5.97 Å². The predicted molar refractivity (Wildman–Crippen MR) is 82.1 cm³/mol. The molecule has 1 unspecified atom stereocenters. The first-order valence-electron chi connectivity index (χ1n) is 7.86. The number of piperidine rings is 1. The summed E-state index contributed by atoms with van der Waals surface area (Å²) < 4.78 is 0. The molecule has 0 aliphatic carbocycles. The van der Waals surface area contributed by atoms with E-state index in [1.54, 1.807) is 0 Å². The van der Waals surface area contributed by atoms with Crippen molar-refractivity contribution >= 4 is 17.6 Å². The molecule has 22 heavy (non-hydrogen) atoms. The minimum atomic E-state index is -0.795. The predicted octanol–water partition coefficient (Wildman–Crippen LogP) is 0.739. The van der Waals surface area contributed by atoms with Crippen LogP contribution in [0.2, 0.25) is 0 Å². The zero-order valence-electron chi connectivity index (χ0n) is 12.6. The van der Waals surface area contributed by atoms with Gasteiger partial charge < -0.3 is 20.0 Å². The molecule has 3 heterocycles. The molecular weight excluding hydrogens is 284 g/mol. The van der Waals surface area contributed by atoms with E-state index in [2.05, 4.69) is 14.9 Å². The summed E-state index contributed by atoms with van der Waals surface area (Å²) in [6, 6.07) is 1.38. The summed E-state index contributed by atoms with van der Waals surface area (Å²) in [5.74, 6) is 0.988. The first-order valence-corrected chi connectivity index (χ1v) is 7.86. The topological polar surface area (TPSA) is 89.8 Å². The minimum Gasteiger partial charge on any atom is -0.480 e. The number of nitrogens with zero attached hydrogens (tertiary/aromatic N) is 4. The van der Waals surface area contributed by atoms with Crippen molar-refractivity contribution in [1.29, 1.82) is 0 Å². The van der Waals surface area contributed by atoms with Gasteiger partial charge in [-0.25, -0.2) is 14.8 Å². The average molecular weight is 306 g/mol. The molecule has 7 heteroatoms. The van der Waals surface area contributed by atoms with Gasteiger partial charge in [-0.2, -0.15) is 0 Å². The summed E-state index contributed by atoms with van der Waals surface area (Å²) >= 11 is 0. The molecule has 0 radical (unpaired) electrons. The molecule has 3 rings (SSSR count). The zero-order chi connectivity index (χ0) is 15.5. The van der Waals surface area contributed by atoms with E-state index >= 15 is 0 Å². The van der Waals surface area contributed by atoms with E-state index in [-0.39, 0.29) is 12.5 Å². The van der Waals surface area contributed by atoms with Crippen molar-refractivity contribution in [3.63, 3.8) is 0 Å². The quantitative estimate of drug-likeness (QED) is 0.848. The van der Waals surface area contributed by atoms with Crippen LogP contribution < -0.4 is 9.80 Å². The summed E-state index contributed by atoms with van der Waals surface area (Å²) in [5, 5.41) is 18.7. The number of hydrogen-bond acceptors (Lipinski definition) is 6. The van der Waals surface area contributed by atoms with Crippen LogP contribution in [0.1, 0.15) is 25.7 Å². The Morgan fingerprint density at radius 2 is 2.00 bits per heavy atom. The number of aliphatic hydroxyl groups is 1. The van der Waals surface area contributed by atoms with Crippen molar-refractivity contribution in [2.24, 2.45) is 5.92 Å². The number of anilines is 2. The molecule has 7 nitrogen and oxygen atoms in total. The van der Waals surface area contributed by atoms with E-state index in [0.29, 0.717) is 18.8 Å². The molecule has 0 spiro atoms. The first-order chi connectivity index (χ1) is 10.7. The fourth-order valence-corrected chi connectivity index (χ4v) is 3.39. The zero-order valence-corrected chi connectivity index (χ0v) is 12.6. The van der Waals surface area contributed by atoms with Crippen LogP contribution in [0.5, 0.6) is 0 Å². The summed E-state index contributed by atoms with van der Waals surface area (Å²) in [6.07, 6.45) is 5.10. The van der Waals surface area contributed by atoms with Gasteiger partial charge in [0.1, 0.15) is 24.0 Å². The molecule has 0 aromatic carbocycles. The second-order valence-corrected chi connectivity index (χ2v) is 6.06. The van der Waals surface area contributed by atoms with Gasteiger partial charge in [-0.1, -0.05) is 0 Å². The number of aromatic nitrogens is 2. The Morgan fingerprint density at radius 1 is 1.23 bits per heavy atom. The number of aliphatic hydroxyl groups excluding tert-OH is 1. The van der Waals surface area contributed by atoms with Crippen LogP contribution >= 0.6 is 0 Å². The highest BCUT2D eigenvalue weighted by Crippen LogP contribution is 2.27. The third-order valence-corrected chi connectivity index (χ3v) is 4.57. The van der Waals surface area contributed by atoms with E-state index in [1.807, 2.05) is 11.0 Å². The maximum absolute atomic E-state index is 11.3. The molecule has 2 N–H and O–H groups in total. The molecule has 120 valence electrons. The lowest BCUT2D eigenvalue weighted by molar-refractivity contribution is -0.138. The van der Waals surface area contributed by atoms with Crippen molar-refractivity contribution in [2.75, 3.05) is 36.0 Å². The lowest BCUT2D eigenvalue weighted by Crippen LogP contribution is -2.38. The summed E-state index contributed by atoms with van der Waals surface area (Å²) in [5.41, 5.74) is 0. The van der Waals surface area contributed by atoms with Gasteiger partial charge in [0.05, 0.1) is 0 Å². The number of carbonyl (C=O) groups is 1. The van der Waals surface area contributed by atoms with E-state index in [1.165, 1.54) is 6.33 Å². The second kappa shape index (κ2) is 6.48. The van der Waals surface area contributed by atoms with Crippen molar-refractivity contribution in [1.82, 2.24) is 9.97 Å². The van der Waals surface area contributed by atoms with E-state index in [0.717, 1.165) is 38.2 Å². The summed E-state index contributed by atoms with van der Waals surface area (Å²) in [4.78, 5) is 23.9. The molecule has 0 saturated carbocycles. The molecule has 2 aliphatic heterocycles. The molecule has 1 aromatic rings. The van der Waals surface area contributed by atoms with Crippen LogP contribution in [0.15, 0.2) is 12.4 Å². The number of hydrogen-bond donors (Lipinski definition) is 2. The lowest BCUT2D eigenvalue weighted by atomic mass is 9.99. The van der Waals surface area contributed by atoms with Crippen LogP contribution in [0, 0.1) is 5.92 Å². The van der Waals surface area contributed by atoms with Crippen LogP contribution in [-0.2, 0) is 4.79 Å². The molecule has 2 saturated heterocycles. The van der Waals surface area contributed by atoms with Crippen LogP contribution in [-0.4, -0.2) is 58.4 Å². The Hall–Kier alpha value is -1.89. The van der Waals surface area contributed by atoms with E-state index < -0.39 is 12.0 Å². The third-order valence-electron chi connectivity index (χ3n) is 4.57. The van der Waals surface area contributed by atoms with Crippen molar-refractivity contribution in [3.8, 4) is 0 Å². The standard InChI is InChI=1S/C15H22N4O3/c20-9-11-3-1-5-18(8-11)13-7-14(17-10-16-13)19-6-2-4-12(19)15(21)22/h7,10-12,20H,1-6,8-9H2,(H,21,22)/t11?,12-/m0/s1. The minimum absolute atomic E-state index is 0.196. The molecule has 2 aliphatic rings. The Balaban J connectivity index is 1.79. The largest absolute Gasteiger partial charge is 0.480 e. The Morgan fingerprint density at radius 3 is 2.77 bits per heavy atom. The van der Waals surface area contributed by atoms with E-state index in [9.17, 15) is 15.0 Å².